The quantitative estimate of drug-likeness (QED) is 0.656. The van der Waals surface area contributed by atoms with E-state index in [4.69, 9.17) is 0 Å². The maximum atomic E-state index is 9.36. The molecule has 4 heteroatoms. The highest BCUT2D eigenvalue weighted by atomic mass is 16.3. The van der Waals surface area contributed by atoms with Gasteiger partial charge in [-0.25, -0.2) is 0 Å². The van der Waals surface area contributed by atoms with E-state index in [0.717, 1.165) is 5.69 Å². The SMILES string of the molecule is C=CCC(O)Cc1cn(C)nn1. The molecule has 0 aromatic carbocycles. The van der Waals surface area contributed by atoms with E-state index in [0.29, 0.717) is 12.8 Å². The molecule has 0 aliphatic heterocycles. The fourth-order valence-corrected chi connectivity index (χ4v) is 1.01. The zero-order chi connectivity index (χ0) is 8.97. The van der Waals surface area contributed by atoms with E-state index in [9.17, 15) is 5.11 Å². The van der Waals surface area contributed by atoms with Crippen molar-refractivity contribution < 1.29 is 5.11 Å². The zero-order valence-electron chi connectivity index (χ0n) is 7.14. The van der Waals surface area contributed by atoms with Crippen molar-refractivity contribution in [2.24, 2.45) is 7.05 Å². The van der Waals surface area contributed by atoms with Gasteiger partial charge in [-0.15, -0.1) is 11.7 Å². The first kappa shape index (κ1) is 8.93. The number of hydrogen-bond acceptors (Lipinski definition) is 3. The Hall–Kier alpha value is -1.16. The van der Waals surface area contributed by atoms with Crippen molar-refractivity contribution in [2.75, 3.05) is 0 Å². The van der Waals surface area contributed by atoms with Crippen molar-refractivity contribution in [1.82, 2.24) is 15.0 Å². The maximum Gasteiger partial charge on any atom is 0.0852 e. The molecular formula is C8H13N3O. The van der Waals surface area contributed by atoms with Gasteiger partial charge in [0.1, 0.15) is 0 Å². The molecule has 1 aromatic rings. The van der Waals surface area contributed by atoms with Crippen LogP contribution < -0.4 is 0 Å². The Kier molecular flexibility index (Phi) is 2.99. The molecule has 1 atom stereocenters. The number of rotatable bonds is 4. The summed E-state index contributed by atoms with van der Waals surface area (Å²) in [4.78, 5) is 0. The third-order valence-corrected chi connectivity index (χ3v) is 1.53. The summed E-state index contributed by atoms with van der Waals surface area (Å²) in [6.07, 6.45) is 4.24. The topological polar surface area (TPSA) is 50.9 Å². The average Bonchev–Trinajstić information content (AvgIpc) is 2.36. The molecule has 0 aliphatic rings. The Bertz CT molecular complexity index is 257. The van der Waals surface area contributed by atoms with E-state index in [1.165, 1.54) is 0 Å². The van der Waals surface area contributed by atoms with Gasteiger partial charge in [-0.2, -0.15) is 0 Å². The minimum absolute atomic E-state index is 0.390. The molecule has 1 heterocycles. The summed E-state index contributed by atoms with van der Waals surface area (Å²) < 4.78 is 1.62. The van der Waals surface area contributed by atoms with Crippen LogP contribution >= 0.6 is 0 Å². The average molecular weight is 167 g/mol. The Labute approximate surface area is 71.5 Å². The second-order valence-electron chi connectivity index (χ2n) is 2.77. The van der Waals surface area contributed by atoms with Crippen LogP contribution in [0, 0.1) is 0 Å². The third-order valence-electron chi connectivity index (χ3n) is 1.53. The van der Waals surface area contributed by atoms with Gasteiger partial charge in [0.05, 0.1) is 11.8 Å². The predicted octanol–water partition coefficient (Wildman–Crippen LogP) is 0.295. The molecule has 0 spiro atoms. The summed E-state index contributed by atoms with van der Waals surface area (Å²) in [5, 5.41) is 17.0. The lowest BCUT2D eigenvalue weighted by atomic mass is 10.1. The molecule has 0 amide bonds. The van der Waals surface area contributed by atoms with Crippen LogP contribution in [0.1, 0.15) is 12.1 Å². The van der Waals surface area contributed by atoms with Gasteiger partial charge in [-0.1, -0.05) is 11.3 Å². The Morgan fingerprint density at radius 1 is 1.83 bits per heavy atom. The van der Waals surface area contributed by atoms with Gasteiger partial charge in [0.2, 0.25) is 0 Å². The van der Waals surface area contributed by atoms with Crippen molar-refractivity contribution in [3.05, 3.63) is 24.5 Å². The lowest BCUT2D eigenvalue weighted by Crippen LogP contribution is -2.09. The number of hydrogen-bond donors (Lipinski definition) is 1. The lowest BCUT2D eigenvalue weighted by molar-refractivity contribution is 0.177. The Morgan fingerprint density at radius 3 is 3.08 bits per heavy atom. The van der Waals surface area contributed by atoms with Crippen molar-refractivity contribution >= 4 is 0 Å². The van der Waals surface area contributed by atoms with Crippen molar-refractivity contribution in [3.63, 3.8) is 0 Å². The van der Waals surface area contributed by atoms with Gasteiger partial charge in [0.15, 0.2) is 0 Å². The highest BCUT2D eigenvalue weighted by Gasteiger charge is 2.05. The van der Waals surface area contributed by atoms with Crippen LogP contribution in [0.4, 0.5) is 0 Å². The first-order valence-electron chi connectivity index (χ1n) is 3.86. The normalized spacial score (nSPS) is 12.8. The van der Waals surface area contributed by atoms with E-state index >= 15 is 0 Å². The fourth-order valence-electron chi connectivity index (χ4n) is 1.01. The summed E-state index contributed by atoms with van der Waals surface area (Å²) in [5.41, 5.74) is 0.812. The molecule has 1 aromatic heterocycles. The predicted molar refractivity (Wildman–Crippen MR) is 45.5 cm³/mol. The summed E-state index contributed by atoms with van der Waals surface area (Å²) >= 11 is 0. The van der Waals surface area contributed by atoms with Crippen LogP contribution in [0.15, 0.2) is 18.9 Å². The molecule has 0 aliphatic carbocycles. The van der Waals surface area contributed by atoms with Crippen molar-refractivity contribution in [1.29, 1.82) is 0 Å². The van der Waals surface area contributed by atoms with Gasteiger partial charge in [-0.3, -0.25) is 4.68 Å². The van der Waals surface area contributed by atoms with E-state index in [-0.39, 0.29) is 6.10 Å². The number of aryl methyl sites for hydroxylation is 1. The van der Waals surface area contributed by atoms with Gasteiger partial charge >= 0.3 is 0 Å². The molecule has 1 rings (SSSR count). The fraction of sp³-hybridized carbons (Fsp3) is 0.500. The summed E-state index contributed by atoms with van der Waals surface area (Å²) in [6, 6.07) is 0. The number of aliphatic hydroxyl groups is 1. The van der Waals surface area contributed by atoms with Crippen LogP contribution in [-0.4, -0.2) is 26.2 Å². The van der Waals surface area contributed by atoms with E-state index in [1.807, 2.05) is 0 Å². The van der Waals surface area contributed by atoms with Gasteiger partial charge in [0, 0.05) is 19.7 Å². The van der Waals surface area contributed by atoms with E-state index in [2.05, 4.69) is 16.9 Å². The number of nitrogens with zero attached hydrogens (tertiary/aromatic N) is 3. The minimum atomic E-state index is -0.390. The second-order valence-corrected chi connectivity index (χ2v) is 2.77. The van der Waals surface area contributed by atoms with E-state index < -0.39 is 0 Å². The Morgan fingerprint density at radius 2 is 2.58 bits per heavy atom. The monoisotopic (exact) mass is 167 g/mol. The number of aromatic nitrogens is 3. The molecule has 0 fully saturated rings. The molecule has 12 heavy (non-hydrogen) atoms. The van der Waals surface area contributed by atoms with Gasteiger partial charge in [-0.05, 0) is 6.42 Å². The van der Waals surface area contributed by atoms with Crippen molar-refractivity contribution in [3.8, 4) is 0 Å². The van der Waals surface area contributed by atoms with Crippen LogP contribution in [-0.2, 0) is 13.5 Å². The van der Waals surface area contributed by atoms with Crippen LogP contribution in [0.2, 0.25) is 0 Å². The van der Waals surface area contributed by atoms with E-state index in [1.54, 1.807) is 24.0 Å². The highest BCUT2D eigenvalue weighted by molar-refractivity contribution is 4.95. The third kappa shape index (κ3) is 2.47. The second kappa shape index (κ2) is 4.01. The maximum absolute atomic E-state index is 9.36. The molecular weight excluding hydrogens is 154 g/mol. The molecule has 0 saturated carbocycles. The van der Waals surface area contributed by atoms with Crippen LogP contribution in [0.3, 0.4) is 0 Å². The first-order valence-corrected chi connectivity index (χ1v) is 3.86. The zero-order valence-corrected chi connectivity index (χ0v) is 7.14. The molecule has 0 radical (unpaired) electrons. The summed E-state index contributed by atoms with van der Waals surface area (Å²) in [6.45, 7) is 3.55. The molecule has 0 bridgehead atoms. The number of aliphatic hydroxyl groups excluding tert-OH is 1. The summed E-state index contributed by atoms with van der Waals surface area (Å²) in [7, 11) is 1.80. The van der Waals surface area contributed by atoms with Gasteiger partial charge in [0.25, 0.3) is 0 Å². The van der Waals surface area contributed by atoms with Crippen molar-refractivity contribution in [2.45, 2.75) is 18.9 Å². The lowest BCUT2D eigenvalue weighted by Gasteiger charge is -2.03. The smallest absolute Gasteiger partial charge is 0.0852 e. The Balaban J connectivity index is 2.46. The van der Waals surface area contributed by atoms with Gasteiger partial charge < -0.3 is 5.11 Å². The van der Waals surface area contributed by atoms with Crippen LogP contribution in [0.25, 0.3) is 0 Å². The first-order chi connectivity index (χ1) is 5.72. The standard InChI is InChI=1S/C8H13N3O/c1-3-4-8(12)5-7-6-11(2)10-9-7/h3,6,8,12H,1,4-5H2,2H3. The minimum Gasteiger partial charge on any atom is -0.392 e. The molecule has 1 unspecified atom stereocenters. The molecule has 66 valence electrons. The van der Waals surface area contributed by atoms with Crippen LogP contribution in [0.5, 0.6) is 0 Å². The summed E-state index contributed by atoms with van der Waals surface area (Å²) in [5.74, 6) is 0. The largest absolute Gasteiger partial charge is 0.392 e. The molecule has 0 saturated heterocycles. The highest BCUT2D eigenvalue weighted by Crippen LogP contribution is 2.01. The molecule has 1 N–H and O–H groups in total. The molecule has 4 nitrogen and oxygen atoms in total.